The van der Waals surface area contributed by atoms with Crippen molar-refractivity contribution in [3.63, 3.8) is 0 Å². The molecule has 2 atom stereocenters. The Morgan fingerprint density at radius 1 is 0.528 bits per heavy atom. The van der Waals surface area contributed by atoms with Gasteiger partial charge in [0.05, 0.1) is 11.4 Å². The summed E-state index contributed by atoms with van der Waals surface area (Å²) in [5.74, 6) is 0. The molecule has 0 radical (unpaired) electrons. The van der Waals surface area contributed by atoms with Gasteiger partial charge in [0, 0.05) is 49.4 Å². The second kappa shape index (κ2) is 12.6. The molecule has 0 spiro atoms. The number of nitrogens with zero attached hydrogens (tertiary/aromatic N) is 4. The van der Waals surface area contributed by atoms with Gasteiger partial charge in [0.2, 0.25) is 0 Å². The first-order chi connectivity index (χ1) is 17.5. The van der Waals surface area contributed by atoms with Crippen LogP contribution in [0.2, 0.25) is 0 Å². The average Bonchev–Trinajstić information content (AvgIpc) is 2.95. The van der Waals surface area contributed by atoms with E-state index in [-0.39, 0.29) is 0 Å². The Hall–Kier alpha value is -3.34. The van der Waals surface area contributed by atoms with Gasteiger partial charge in [-0.3, -0.25) is 19.8 Å². The lowest BCUT2D eigenvalue weighted by Crippen LogP contribution is -2.25. The van der Waals surface area contributed by atoms with Crippen molar-refractivity contribution in [3.8, 4) is 11.4 Å². The first-order valence-corrected chi connectivity index (χ1v) is 12.9. The van der Waals surface area contributed by atoms with E-state index in [1.54, 1.807) is 0 Å². The van der Waals surface area contributed by atoms with Crippen LogP contribution in [0.5, 0.6) is 0 Å². The molecule has 0 aliphatic carbocycles. The molecule has 0 aliphatic rings. The Kier molecular flexibility index (Phi) is 8.99. The van der Waals surface area contributed by atoms with Crippen molar-refractivity contribution in [3.05, 3.63) is 120 Å². The molecule has 0 saturated heterocycles. The molecular weight excluding hydrogens is 440 g/mol. The largest absolute Gasteiger partial charge is 0.299 e. The van der Waals surface area contributed by atoms with Crippen molar-refractivity contribution < 1.29 is 0 Å². The van der Waals surface area contributed by atoms with E-state index in [0.29, 0.717) is 12.1 Å². The molecule has 36 heavy (non-hydrogen) atoms. The normalized spacial score (nSPS) is 13.2. The van der Waals surface area contributed by atoms with Crippen LogP contribution in [0, 0.1) is 0 Å². The molecule has 4 aromatic rings. The molecule has 2 heterocycles. The second-order valence-electron chi connectivity index (χ2n) is 9.66. The maximum absolute atomic E-state index is 4.95. The van der Waals surface area contributed by atoms with E-state index >= 15 is 0 Å². The number of hydrogen-bond acceptors (Lipinski definition) is 4. The number of likely N-dealkylation sites (N-methyl/N-ethyl adjacent to an activating group) is 2. The SMILES string of the molecule is C[C@@H](c1ccccc1)N(C)CCc1cccc(-c2cccc(CCN(C)[C@@H](C)c3ccccc3)n2)n1. The Balaban J connectivity index is 1.36. The van der Waals surface area contributed by atoms with E-state index in [9.17, 15) is 0 Å². The highest BCUT2D eigenvalue weighted by Gasteiger charge is 2.13. The van der Waals surface area contributed by atoms with E-state index in [1.807, 2.05) is 0 Å². The monoisotopic (exact) mass is 478 g/mol. The lowest BCUT2D eigenvalue weighted by Gasteiger charge is -2.25. The molecular formula is C32H38N4. The van der Waals surface area contributed by atoms with Crippen molar-refractivity contribution in [1.29, 1.82) is 0 Å². The molecule has 186 valence electrons. The molecule has 4 rings (SSSR count). The van der Waals surface area contributed by atoms with Crippen LogP contribution in [-0.2, 0) is 12.8 Å². The summed E-state index contributed by atoms with van der Waals surface area (Å²) in [6, 6.07) is 34.6. The van der Waals surface area contributed by atoms with E-state index in [1.165, 1.54) is 11.1 Å². The highest BCUT2D eigenvalue weighted by atomic mass is 15.1. The van der Waals surface area contributed by atoms with Crippen molar-refractivity contribution in [1.82, 2.24) is 19.8 Å². The summed E-state index contributed by atoms with van der Waals surface area (Å²) in [5.41, 5.74) is 6.77. The summed E-state index contributed by atoms with van der Waals surface area (Å²) in [6.07, 6.45) is 1.81. The van der Waals surface area contributed by atoms with Gasteiger partial charge in [0.1, 0.15) is 0 Å². The number of hydrogen-bond donors (Lipinski definition) is 0. The first kappa shape index (κ1) is 25.7. The fourth-order valence-electron chi connectivity index (χ4n) is 4.46. The third-order valence-electron chi connectivity index (χ3n) is 7.20. The van der Waals surface area contributed by atoms with Crippen molar-refractivity contribution >= 4 is 0 Å². The number of pyridine rings is 2. The van der Waals surface area contributed by atoms with E-state index in [4.69, 9.17) is 9.97 Å². The molecule has 4 heteroatoms. The minimum absolute atomic E-state index is 0.371. The highest BCUT2D eigenvalue weighted by molar-refractivity contribution is 5.54. The number of aromatic nitrogens is 2. The Bertz CT molecular complexity index is 1110. The molecule has 0 fully saturated rings. The van der Waals surface area contributed by atoms with Crippen LogP contribution in [-0.4, -0.2) is 47.0 Å². The minimum atomic E-state index is 0.371. The van der Waals surface area contributed by atoms with Crippen LogP contribution in [0.25, 0.3) is 11.4 Å². The van der Waals surface area contributed by atoms with Gasteiger partial charge in [-0.15, -0.1) is 0 Å². The Morgan fingerprint density at radius 2 is 0.917 bits per heavy atom. The van der Waals surface area contributed by atoms with Crippen LogP contribution in [0.3, 0.4) is 0 Å². The van der Waals surface area contributed by atoms with Crippen LogP contribution >= 0.6 is 0 Å². The summed E-state index contributed by atoms with van der Waals surface area (Å²) >= 11 is 0. The molecule has 2 aromatic heterocycles. The van der Waals surface area contributed by atoms with Gasteiger partial charge in [-0.25, -0.2) is 0 Å². The van der Waals surface area contributed by atoms with Gasteiger partial charge < -0.3 is 0 Å². The molecule has 2 aromatic carbocycles. The van der Waals surface area contributed by atoms with Crippen molar-refractivity contribution in [2.24, 2.45) is 0 Å². The maximum atomic E-state index is 4.95. The van der Waals surface area contributed by atoms with E-state index in [0.717, 1.165) is 48.7 Å². The maximum Gasteiger partial charge on any atom is 0.0889 e. The van der Waals surface area contributed by atoms with Crippen molar-refractivity contribution in [2.75, 3.05) is 27.2 Å². The van der Waals surface area contributed by atoms with Gasteiger partial charge in [-0.2, -0.15) is 0 Å². The zero-order valence-electron chi connectivity index (χ0n) is 22.0. The zero-order chi connectivity index (χ0) is 25.3. The molecule has 0 amide bonds. The summed E-state index contributed by atoms with van der Waals surface area (Å²) in [7, 11) is 4.37. The van der Waals surface area contributed by atoms with Gasteiger partial charge >= 0.3 is 0 Å². The lowest BCUT2D eigenvalue weighted by molar-refractivity contribution is 0.264. The predicted octanol–water partition coefficient (Wildman–Crippen LogP) is 6.61. The van der Waals surface area contributed by atoms with Gasteiger partial charge in [0.15, 0.2) is 0 Å². The van der Waals surface area contributed by atoms with E-state index < -0.39 is 0 Å². The van der Waals surface area contributed by atoms with Gasteiger partial charge in [0.25, 0.3) is 0 Å². The fraction of sp³-hybridized carbons (Fsp3) is 0.312. The summed E-state index contributed by atoms with van der Waals surface area (Å²) in [5, 5.41) is 0. The van der Waals surface area contributed by atoms with Gasteiger partial charge in [-0.05, 0) is 63.3 Å². The molecule has 0 bridgehead atoms. The second-order valence-corrected chi connectivity index (χ2v) is 9.66. The quantitative estimate of drug-likeness (QED) is 0.243. The third kappa shape index (κ3) is 6.87. The molecule has 0 N–H and O–H groups in total. The number of benzene rings is 2. The third-order valence-corrected chi connectivity index (χ3v) is 7.20. The van der Waals surface area contributed by atoms with Crippen molar-refractivity contribution in [2.45, 2.75) is 38.8 Å². The van der Waals surface area contributed by atoms with Crippen LogP contribution in [0.4, 0.5) is 0 Å². The van der Waals surface area contributed by atoms with E-state index in [2.05, 4.69) is 135 Å². The average molecular weight is 479 g/mol. The fourth-order valence-corrected chi connectivity index (χ4v) is 4.46. The summed E-state index contributed by atoms with van der Waals surface area (Å²) in [6.45, 7) is 6.41. The molecule has 0 aliphatic heterocycles. The van der Waals surface area contributed by atoms with Crippen LogP contribution in [0.1, 0.15) is 48.4 Å². The topological polar surface area (TPSA) is 32.3 Å². The predicted molar refractivity (Wildman–Crippen MR) is 150 cm³/mol. The highest BCUT2D eigenvalue weighted by Crippen LogP contribution is 2.21. The Labute approximate surface area is 216 Å². The molecule has 4 nitrogen and oxygen atoms in total. The smallest absolute Gasteiger partial charge is 0.0889 e. The number of rotatable bonds is 11. The first-order valence-electron chi connectivity index (χ1n) is 12.9. The lowest BCUT2D eigenvalue weighted by atomic mass is 10.1. The molecule has 0 saturated carbocycles. The van der Waals surface area contributed by atoms with Crippen LogP contribution in [0.15, 0.2) is 97.1 Å². The summed E-state index contributed by atoms with van der Waals surface area (Å²) < 4.78 is 0. The minimum Gasteiger partial charge on any atom is -0.299 e. The summed E-state index contributed by atoms with van der Waals surface area (Å²) in [4.78, 5) is 14.7. The Morgan fingerprint density at radius 3 is 1.31 bits per heavy atom. The standard InChI is InChI=1S/C32H38N4/c1-25(27-13-7-5-8-14-27)35(3)23-21-29-17-11-19-31(33-29)32-20-12-18-30(34-32)22-24-36(4)26(2)28-15-9-6-10-16-28/h5-20,25-26H,21-24H2,1-4H3/t25-,26-/m0/s1. The van der Waals surface area contributed by atoms with Crippen LogP contribution < -0.4 is 0 Å². The van der Waals surface area contributed by atoms with Gasteiger partial charge in [-0.1, -0.05) is 72.8 Å². The molecule has 0 unspecified atom stereocenters. The zero-order valence-corrected chi connectivity index (χ0v) is 22.0.